The lowest BCUT2D eigenvalue weighted by atomic mass is 10.3. The lowest BCUT2D eigenvalue weighted by molar-refractivity contribution is 0.173. The summed E-state index contributed by atoms with van der Waals surface area (Å²) in [4.78, 5) is 0. The van der Waals surface area contributed by atoms with Crippen molar-refractivity contribution in [2.24, 2.45) is 0 Å². The van der Waals surface area contributed by atoms with Gasteiger partial charge in [0.05, 0.1) is 0 Å². The largest absolute Gasteiger partial charge is 0.492 e. The van der Waals surface area contributed by atoms with Gasteiger partial charge in [0, 0.05) is 12.1 Å². The molecule has 0 saturated heterocycles. The fourth-order valence-corrected chi connectivity index (χ4v) is 1.27. The van der Waals surface area contributed by atoms with Gasteiger partial charge < -0.3 is 19.5 Å². The molecule has 1 aliphatic rings. The maximum Gasteiger partial charge on any atom is 0.231 e. The first-order valence-electron chi connectivity index (χ1n) is 4.99. The molecule has 0 spiro atoms. The predicted molar refractivity (Wildman–Crippen MR) is 56.6 cm³/mol. The summed E-state index contributed by atoms with van der Waals surface area (Å²) in [7, 11) is 1.91. The van der Waals surface area contributed by atoms with Crippen LogP contribution in [0.4, 0.5) is 0 Å². The maximum atomic E-state index is 5.59. The van der Waals surface area contributed by atoms with Crippen LogP contribution in [-0.2, 0) is 0 Å². The smallest absolute Gasteiger partial charge is 0.231 e. The molecule has 1 unspecified atom stereocenters. The molecule has 1 aromatic carbocycles. The summed E-state index contributed by atoms with van der Waals surface area (Å²) in [6, 6.07) is 5.93. The van der Waals surface area contributed by atoms with E-state index in [0.717, 1.165) is 17.2 Å². The van der Waals surface area contributed by atoms with Crippen LogP contribution in [0.2, 0.25) is 0 Å². The van der Waals surface area contributed by atoms with E-state index in [1.807, 2.05) is 25.2 Å². The standard InChI is InChI=1S/C11H15NO3/c1-8(12-2)6-13-9-3-4-10-11(5-9)15-7-14-10/h3-5,8,12H,6-7H2,1-2H3. The Labute approximate surface area is 89.1 Å². The SMILES string of the molecule is CNC(C)COc1ccc2c(c1)OCO2. The van der Waals surface area contributed by atoms with E-state index in [2.05, 4.69) is 12.2 Å². The van der Waals surface area contributed by atoms with E-state index >= 15 is 0 Å². The maximum absolute atomic E-state index is 5.59. The zero-order valence-corrected chi connectivity index (χ0v) is 8.95. The summed E-state index contributed by atoms with van der Waals surface area (Å²) >= 11 is 0. The monoisotopic (exact) mass is 209 g/mol. The van der Waals surface area contributed by atoms with Crippen molar-refractivity contribution in [1.82, 2.24) is 5.32 Å². The number of hydrogen-bond donors (Lipinski definition) is 1. The van der Waals surface area contributed by atoms with E-state index in [-0.39, 0.29) is 0 Å². The third-order valence-electron chi connectivity index (χ3n) is 2.34. The van der Waals surface area contributed by atoms with Crippen molar-refractivity contribution < 1.29 is 14.2 Å². The van der Waals surface area contributed by atoms with Gasteiger partial charge in [0.1, 0.15) is 12.4 Å². The van der Waals surface area contributed by atoms with E-state index in [1.54, 1.807) is 0 Å². The average Bonchev–Trinajstić information content (AvgIpc) is 2.72. The number of benzene rings is 1. The van der Waals surface area contributed by atoms with E-state index < -0.39 is 0 Å². The van der Waals surface area contributed by atoms with Gasteiger partial charge in [-0.3, -0.25) is 0 Å². The molecule has 82 valence electrons. The first-order chi connectivity index (χ1) is 7.29. The molecule has 4 heteroatoms. The molecule has 1 heterocycles. The minimum Gasteiger partial charge on any atom is -0.492 e. The van der Waals surface area contributed by atoms with Crippen LogP contribution >= 0.6 is 0 Å². The zero-order chi connectivity index (χ0) is 10.7. The second-order valence-electron chi connectivity index (χ2n) is 3.52. The second-order valence-corrected chi connectivity index (χ2v) is 3.52. The topological polar surface area (TPSA) is 39.7 Å². The molecule has 0 amide bonds. The Hall–Kier alpha value is -1.42. The van der Waals surface area contributed by atoms with Gasteiger partial charge >= 0.3 is 0 Å². The highest BCUT2D eigenvalue weighted by molar-refractivity contribution is 5.46. The van der Waals surface area contributed by atoms with Crippen molar-refractivity contribution in [2.45, 2.75) is 13.0 Å². The minimum atomic E-state index is 0.297. The Kier molecular flexibility index (Phi) is 2.97. The zero-order valence-electron chi connectivity index (χ0n) is 8.95. The summed E-state index contributed by atoms with van der Waals surface area (Å²) in [5.74, 6) is 2.34. The van der Waals surface area contributed by atoms with Crippen molar-refractivity contribution in [1.29, 1.82) is 0 Å². The molecular weight excluding hydrogens is 194 g/mol. The first kappa shape index (κ1) is 10.1. The van der Waals surface area contributed by atoms with Crippen LogP contribution in [0.15, 0.2) is 18.2 Å². The van der Waals surface area contributed by atoms with Crippen LogP contribution in [0.5, 0.6) is 17.2 Å². The molecular formula is C11H15NO3. The molecule has 0 radical (unpaired) electrons. The third kappa shape index (κ3) is 2.33. The number of rotatable bonds is 4. The van der Waals surface area contributed by atoms with Gasteiger partial charge in [0.2, 0.25) is 6.79 Å². The van der Waals surface area contributed by atoms with Crippen molar-refractivity contribution in [3.8, 4) is 17.2 Å². The second kappa shape index (κ2) is 4.40. The number of likely N-dealkylation sites (N-methyl/N-ethyl adjacent to an activating group) is 1. The molecule has 0 fully saturated rings. The van der Waals surface area contributed by atoms with Crippen molar-refractivity contribution in [2.75, 3.05) is 20.4 Å². The van der Waals surface area contributed by atoms with Crippen LogP contribution in [0, 0.1) is 0 Å². The van der Waals surface area contributed by atoms with Crippen LogP contribution < -0.4 is 19.5 Å². The lowest BCUT2D eigenvalue weighted by Crippen LogP contribution is -2.28. The quantitative estimate of drug-likeness (QED) is 0.813. The summed E-state index contributed by atoms with van der Waals surface area (Å²) in [5, 5.41) is 3.11. The third-order valence-corrected chi connectivity index (χ3v) is 2.34. The summed E-state index contributed by atoms with van der Waals surface area (Å²) in [5.41, 5.74) is 0. The fraction of sp³-hybridized carbons (Fsp3) is 0.455. The molecule has 0 aliphatic carbocycles. The van der Waals surface area contributed by atoms with Crippen LogP contribution in [-0.4, -0.2) is 26.5 Å². The highest BCUT2D eigenvalue weighted by Crippen LogP contribution is 2.34. The molecule has 1 N–H and O–H groups in total. The Balaban J connectivity index is 1.98. The van der Waals surface area contributed by atoms with Gasteiger partial charge in [0.25, 0.3) is 0 Å². The van der Waals surface area contributed by atoms with Gasteiger partial charge in [-0.1, -0.05) is 0 Å². The molecule has 0 saturated carbocycles. The molecule has 0 aromatic heterocycles. The van der Waals surface area contributed by atoms with Crippen LogP contribution in [0.25, 0.3) is 0 Å². The molecule has 2 rings (SSSR count). The number of fused-ring (bicyclic) bond motifs is 1. The summed E-state index contributed by atoms with van der Waals surface area (Å²) in [6.45, 7) is 2.99. The highest BCUT2D eigenvalue weighted by Gasteiger charge is 2.13. The first-order valence-corrected chi connectivity index (χ1v) is 4.99. The highest BCUT2D eigenvalue weighted by atomic mass is 16.7. The van der Waals surface area contributed by atoms with Crippen molar-refractivity contribution >= 4 is 0 Å². The Bertz CT molecular complexity index is 341. The summed E-state index contributed by atoms with van der Waals surface area (Å²) in [6.07, 6.45) is 0. The molecule has 1 aliphatic heterocycles. The van der Waals surface area contributed by atoms with Gasteiger partial charge in [-0.15, -0.1) is 0 Å². The molecule has 4 nitrogen and oxygen atoms in total. The predicted octanol–water partition coefficient (Wildman–Crippen LogP) is 1.40. The molecule has 1 aromatic rings. The Morgan fingerprint density at radius 2 is 2.20 bits per heavy atom. The lowest BCUT2D eigenvalue weighted by Gasteiger charge is -2.12. The van der Waals surface area contributed by atoms with Crippen LogP contribution in [0.3, 0.4) is 0 Å². The average molecular weight is 209 g/mol. The van der Waals surface area contributed by atoms with Crippen molar-refractivity contribution in [3.63, 3.8) is 0 Å². The number of nitrogens with one attached hydrogen (secondary N) is 1. The van der Waals surface area contributed by atoms with Gasteiger partial charge in [-0.25, -0.2) is 0 Å². The summed E-state index contributed by atoms with van der Waals surface area (Å²) < 4.78 is 16.1. The number of hydrogen-bond acceptors (Lipinski definition) is 4. The molecule has 1 atom stereocenters. The van der Waals surface area contributed by atoms with E-state index in [1.165, 1.54) is 0 Å². The molecule has 15 heavy (non-hydrogen) atoms. The van der Waals surface area contributed by atoms with Gasteiger partial charge in [0.15, 0.2) is 11.5 Å². The fourth-order valence-electron chi connectivity index (χ4n) is 1.27. The normalized spacial score (nSPS) is 15.1. The Morgan fingerprint density at radius 1 is 1.40 bits per heavy atom. The molecule has 0 bridgehead atoms. The van der Waals surface area contributed by atoms with Gasteiger partial charge in [-0.05, 0) is 26.1 Å². The van der Waals surface area contributed by atoms with E-state index in [0.29, 0.717) is 19.4 Å². The van der Waals surface area contributed by atoms with Crippen molar-refractivity contribution in [3.05, 3.63) is 18.2 Å². The van der Waals surface area contributed by atoms with Gasteiger partial charge in [-0.2, -0.15) is 0 Å². The Morgan fingerprint density at radius 3 is 3.00 bits per heavy atom. The minimum absolute atomic E-state index is 0.297. The number of ether oxygens (including phenoxy) is 3. The van der Waals surface area contributed by atoms with Crippen LogP contribution in [0.1, 0.15) is 6.92 Å². The van der Waals surface area contributed by atoms with E-state index in [4.69, 9.17) is 14.2 Å². The van der Waals surface area contributed by atoms with E-state index in [9.17, 15) is 0 Å².